The third kappa shape index (κ3) is 5.50. The van der Waals surface area contributed by atoms with E-state index in [-0.39, 0.29) is 11.3 Å². The average Bonchev–Trinajstić information content (AvgIpc) is 2.70. The van der Waals surface area contributed by atoms with Crippen LogP contribution in [0.3, 0.4) is 0 Å². The molecule has 3 rings (SSSR count). The number of nitrogens with one attached hydrogen (secondary N) is 1. The molecule has 0 unspecified atom stereocenters. The highest BCUT2D eigenvalue weighted by atomic mass is 16.5. The normalized spacial score (nSPS) is 12.4. The Balaban J connectivity index is 1.46. The maximum atomic E-state index is 12.3. The summed E-state index contributed by atoms with van der Waals surface area (Å²) in [6.45, 7) is 9.06. The molecule has 3 aromatic carbocycles. The van der Waals surface area contributed by atoms with Crippen molar-refractivity contribution in [2.75, 3.05) is 13.2 Å². The van der Waals surface area contributed by atoms with E-state index in [4.69, 9.17) is 9.47 Å². The molecule has 0 radical (unpaired) electrons. The Morgan fingerprint density at radius 1 is 0.966 bits per heavy atom. The summed E-state index contributed by atoms with van der Waals surface area (Å²) < 4.78 is 11.6. The zero-order chi connectivity index (χ0) is 20.9. The minimum atomic E-state index is -0.576. The van der Waals surface area contributed by atoms with Gasteiger partial charge in [-0.2, -0.15) is 0 Å². The predicted octanol–water partition coefficient (Wildman–Crippen LogP) is 5.10. The van der Waals surface area contributed by atoms with Crippen LogP contribution in [-0.4, -0.2) is 25.2 Å². The van der Waals surface area contributed by atoms with Gasteiger partial charge in [0.1, 0.15) is 18.1 Å². The van der Waals surface area contributed by atoms with Gasteiger partial charge < -0.3 is 14.8 Å². The van der Waals surface area contributed by atoms with Crippen molar-refractivity contribution in [3.63, 3.8) is 0 Å². The Bertz CT molecular complexity index is 952. The monoisotopic (exact) mass is 391 g/mol. The van der Waals surface area contributed by atoms with Gasteiger partial charge in [0, 0.05) is 5.39 Å². The molecule has 0 aliphatic rings. The van der Waals surface area contributed by atoms with E-state index < -0.39 is 6.10 Å². The van der Waals surface area contributed by atoms with Crippen molar-refractivity contribution in [3.05, 3.63) is 72.3 Å². The minimum Gasteiger partial charge on any atom is -0.491 e. The first-order chi connectivity index (χ1) is 13.8. The van der Waals surface area contributed by atoms with Crippen LogP contribution in [0.2, 0.25) is 0 Å². The molecule has 3 aromatic rings. The van der Waals surface area contributed by atoms with Gasteiger partial charge in [0.2, 0.25) is 0 Å². The van der Waals surface area contributed by atoms with Crippen molar-refractivity contribution in [1.29, 1.82) is 0 Å². The molecule has 29 heavy (non-hydrogen) atoms. The van der Waals surface area contributed by atoms with Crippen LogP contribution in [0.1, 0.15) is 33.3 Å². The highest BCUT2D eigenvalue weighted by Gasteiger charge is 2.16. The van der Waals surface area contributed by atoms with Gasteiger partial charge >= 0.3 is 0 Å². The van der Waals surface area contributed by atoms with Gasteiger partial charge in [-0.15, -0.1) is 0 Å². The zero-order valence-corrected chi connectivity index (χ0v) is 17.6. The second-order valence-corrected chi connectivity index (χ2v) is 8.15. The Labute approximate surface area is 172 Å². The highest BCUT2D eigenvalue weighted by Crippen LogP contribution is 2.25. The first kappa shape index (κ1) is 20.7. The molecule has 4 nitrogen and oxygen atoms in total. The van der Waals surface area contributed by atoms with Crippen molar-refractivity contribution in [2.45, 2.75) is 39.2 Å². The predicted molar refractivity (Wildman–Crippen MR) is 118 cm³/mol. The number of hydrogen-bond donors (Lipinski definition) is 1. The Morgan fingerprint density at radius 2 is 1.66 bits per heavy atom. The molecule has 4 heteroatoms. The summed E-state index contributed by atoms with van der Waals surface area (Å²) in [5.74, 6) is 1.35. The van der Waals surface area contributed by atoms with E-state index >= 15 is 0 Å². The molecular weight excluding hydrogens is 362 g/mol. The Morgan fingerprint density at radius 3 is 2.38 bits per heavy atom. The third-order valence-electron chi connectivity index (χ3n) is 4.81. The lowest BCUT2D eigenvalue weighted by Gasteiger charge is -2.20. The number of rotatable bonds is 7. The van der Waals surface area contributed by atoms with E-state index in [2.05, 4.69) is 38.2 Å². The van der Waals surface area contributed by atoms with Crippen LogP contribution in [0.4, 0.5) is 0 Å². The molecule has 1 atom stereocenters. The summed E-state index contributed by atoms with van der Waals surface area (Å²) in [4.78, 5) is 12.3. The first-order valence-electron chi connectivity index (χ1n) is 10.00. The standard InChI is InChI=1S/C25H29NO3/c1-18(29-21-14-12-20(13-15-21)25(2,3)4)24(27)26-16-17-28-23-11-7-9-19-8-5-6-10-22(19)23/h5-15,18H,16-17H2,1-4H3,(H,26,27)/t18-/m0/s1. The van der Waals surface area contributed by atoms with Crippen LogP contribution in [0.15, 0.2) is 66.7 Å². The van der Waals surface area contributed by atoms with Crippen LogP contribution in [0.25, 0.3) is 10.8 Å². The Hall–Kier alpha value is -3.01. The molecule has 0 aromatic heterocycles. The zero-order valence-electron chi connectivity index (χ0n) is 17.6. The number of hydrogen-bond acceptors (Lipinski definition) is 3. The van der Waals surface area contributed by atoms with Gasteiger partial charge in [-0.1, -0.05) is 69.3 Å². The fraction of sp³-hybridized carbons (Fsp3) is 0.320. The summed E-state index contributed by atoms with van der Waals surface area (Å²) in [7, 11) is 0. The summed E-state index contributed by atoms with van der Waals surface area (Å²) in [6.07, 6.45) is -0.576. The summed E-state index contributed by atoms with van der Waals surface area (Å²) in [5.41, 5.74) is 1.32. The van der Waals surface area contributed by atoms with Crippen LogP contribution in [0, 0.1) is 0 Å². The average molecular weight is 392 g/mol. The molecule has 1 amide bonds. The van der Waals surface area contributed by atoms with Gasteiger partial charge in [0.15, 0.2) is 6.10 Å². The molecule has 0 fully saturated rings. The van der Waals surface area contributed by atoms with Crippen LogP contribution >= 0.6 is 0 Å². The fourth-order valence-electron chi connectivity index (χ4n) is 3.09. The molecule has 0 heterocycles. The maximum Gasteiger partial charge on any atom is 0.260 e. The van der Waals surface area contributed by atoms with Gasteiger partial charge in [0.25, 0.3) is 5.91 Å². The molecule has 0 aliphatic heterocycles. The molecule has 0 spiro atoms. The van der Waals surface area contributed by atoms with Gasteiger partial charge in [0.05, 0.1) is 6.54 Å². The lowest BCUT2D eigenvalue weighted by Crippen LogP contribution is -2.38. The van der Waals surface area contributed by atoms with Crippen LogP contribution in [-0.2, 0) is 10.2 Å². The molecule has 152 valence electrons. The summed E-state index contributed by atoms with van der Waals surface area (Å²) >= 11 is 0. The molecule has 0 saturated heterocycles. The lowest BCUT2D eigenvalue weighted by atomic mass is 9.87. The number of fused-ring (bicyclic) bond motifs is 1. The summed E-state index contributed by atoms with van der Waals surface area (Å²) in [6, 6.07) is 21.9. The fourth-order valence-corrected chi connectivity index (χ4v) is 3.09. The molecule has 0 aliphatic carbocycles. The molecular formula is C25H29NO3. The molecule has 0 bridgehead atoms. The quantitative estimate of drug-likeness (QED) is 0.570. The maximum absolute atomic E-state index is 12.3. The molecule has 0 saturated carbocycles. The SMILES string of the molecule is C[C@H](Oc1ccc(C(C)(C)C)cc1)C(=O)NCCOc1cccc2ccccc12. The minimum absolute atomic E-state index is 0.0889. The van der Waals surface area contributed by atoms with Crippen LogP contribution < -0.4 is 14.8 Å². The van der Waals surface area contributed by atoms with Crippen LogP contribution in [0.5, 0.6) is 11.5 Å². The van der Waals surface area contributed by atoms with Crippen molar-refractivity contribution in [3.8, 4) is 11.5 Å². The van der Waals surface area contributed by atoms with E-state index in [0.717, 1.165) is 16.5 Å². The van der Waals surface area contributed by atoms with E-state index in [1.54, 1.807) is 6.92 Å². The third-order valence-corrected chi connectivity index (χ3v) is 4.81. The van der Waals surface area contributed by atoms with Crippen molar-refractivity contribution < 1.29 is 14.3 Å². The van der Waals surface area contributed by atoms with Gasteiger partial charge in [-0.3, -0.25) is 4.79 Å². The summed E-state index contributed by atoms with van der Waals surface area (Å²) in [5, 5.41) is 5.07. The van der Waals surface area contributed by atoms with E-state index in [1.807, 2.05) is 54.6 Å². The van der Waals surface area contributed by atoms with Gasteiger partial charge in [-0.25, -0.2) is 0 Å². The number of ether oxygens (including phenoxy) is 2. The van der Waals surface area contributed by atoms with E-state index in [1.165, 1.54) is 5.56 Å². The van der Waals surface area contributed by atoms with E-state index in [9.17, 15) is 4.79 Å². The number of benzene rings is 3. The lowest BCUT2D eigenvalue weighted by molar-refractivity contribution is -0.127. The highest BCUT2D eigenvalue weighted by molar-refractivity contribution is 5.88. The second-order valence-electron chi connectivity index (χ2n) is 8.15. The Kier molecular flexibility index (Phi) is 6.42. The van der Waals surface area contributed by atoms with Crippen molar-refractivity contribution >= 4 is 16.7 Å². The largest absolute Gasteiger partial charge is 0.491 e. The second kappa shape index (κ2) is 8.99. The van der Waals surface area contributed by atoms with Gasteiger partial charge in [-0.05, 0) is 41.5 Å². The van der Waals surface area contributed by atoms with E-state index in [0.29, 0.717) is 18.9 Å². The van der Waals surface area contributed by atoms with Crippen molar-refractivity contribution in [1.82, 2.24) is 5.32 Å². The van der Waals surface area contributed by atoms with Crippen molar-refractivity contribution in [2.24, 2.45) is 0 Å². The molecule has 1 N–H and O–H groups in total. The first-order valence-corrected chi connectivity index (χ1v) is 10.00. The number of carbonyl (C=O) groups is 1. The number of amides is 1. The number of carbonyl (C=O) groups excluding carboxylic acids is 1. The topological polar surface area (TPSA) is 47.6 Å². The smallest absolute Gasteiger partial charge is 0.260 e.